The third kappa shape index (κ3) is 4.17. The summed E-state index contributed by atoms with van der Waals surface area (Å²) in [6.45, 7) is 0.0116. The molecule has 0 aliphatic rings. The van der Waals surface area contributed by atoms with Crippen LogP contribution < -0.4 is 15.0 Å². The Morgan fingerprint density at radius 2 is 1.84 bits per heavy atom. The summed E-state index contributed by atoms with van der Waals surface area (Å²) in [4.78, 5) is 15.3. The number of hydrogen-bond acceptors (Lipinski definition) is 3. The summed E-state index contributed by atoms with van der Waals surface area (Å²) in [6, 6.07) is 7.24. The summed E-state index contributed by atoms with van der Waals surface area (Å²) >= 11 is -2.25. The summed E-state index contributed by atoms with van der Waals surface area (Å²) in [7, 11) is 1.55. The third-order valence-electron chi connectivity index (χ3n) is 4.80. The van der Waals surface area contributed by atoms with Crippen molar-refractivity contribution in [2.45, 2.75) is 6.54 Å². The Labute approximate surface area is 181 Å². The van der Waals surface area contributed by atoms with E-state index in [-0.39, 0.29) is 17.9 Å². The van der Waals surface area contributed by atoms with Gasteiger partial charge >= 0.3 is 0 Å². The maximum atomic E-state index is 14.2. The van der Waals surface area contributed by atoms with Gasteiger partial charge in [-0.1, -0.05) is 6.07 Å². The average Bonchev–Trinajstić information content (AvgIpc) is 3.22. The zero-order valence-electron chi connectivity index (χ0n) is 16.5. The maximum absolute atomic E-state index is 14.2. The fraction of sp³-hybridized carbons (Fsp3) is 0.0952. The van der Waals surface area contributed by atoms with Crippen LogP contribution in [0.2, 0.25) is 0 Å². The van der Waals surface area contributed by atoms with E-state index < -0.39 is 34.5 Å². The van der Waals surface area contributed by atoms with Crippen molar-refractivity contribution in [2.75, 3.05) is 0 Å². The van der Waals surface area contributed by atoms with E-state index in [1.54, 1.807) is 31.6 Å². The van der Waals surface area contributed by atoms with Crippen molar-refractivity contribution in [3.8, 4) is 22.6 Å². The molecule has 0 amide bonds. The molecule has 0 saturated carbocycles. The Morgan fingerprint density at radius 1 is 1.12 bits per heavy atom. The van der Waals surface area contributed by atoms with Gasteiger partial charge in [-0.2, -0.15) is 0 Å². The van der Waals surface area contributed by atoms with Crippen molar-refractivity contribution in [3.63, 3.8) is 0 Å². The smallest absolute Gasteiger partial charge is 0.274 e. The van der Waals surface area contributed by atoms with Gasteiger partial charge in [-0.05, 0) is 23.8 Å². The lowest BCUT2D eigenvalue weighted by Crippen LogP contribution is -2.17. The maximum Gasteiger partial charge on any atom is 0.274 e. The second-order valence-electron chi connectivity index (χ2n) is 6.93. The summed E-state index contributed by atoms with van der Waals surface area (Å²) in [5, 5.41) is 0.536. The minimum atomic E-state index is -2.25. The van der Waals surface area contributed by atoms with Crippen LogP contribution in [0, 0.1) is 17.5 Å². The quantitative estimate of drug-likeness (QED) is 0.377. The van der Waals surface area contributed by atoms with Gasteiger partial charge < -0.3 is 14.3 Å². The van der Waals surface area contributed by atoms with Gasteiger partial charge in [0.1, 0.15) is 17.1 Å². The van der Waals surface area contributed by atoms with Gasteiger partial charge in [-0.3, -0.25) is 9.35 Å². The number of hydrogen-bond donors (Lipinski definition) is 3. The Bertz CT molecular complexity index is 1390. The van der Waals surface area contributed by atoms with Crippen LogP contribution in [0.3, 0.4) is 0 Å². The molecule has 0 bridgehead atoms. The van der Waals surface area contributed by atoms with Crippen LogP contribution in [-0.4, -0.2) is 18.3 Å². The highest BCUT2D eigenvalue weighted by Gasteiger charge is 2.19. The average molecular weight is 463 g/mol. The molecule has 2 aromatic carbocycles. The summed E-state index contributed by atoms with van der Waals surface area (Å²) in [6.07, 6.45) is 3.12. The molecule has 11 heteroatoms. The highest BCUT2D eigenvalue weighted by molar-refractivity contribution is 7.77. The number of nitrogens with zero attached hydrogens (tertiary/aromatic N) is 1. The first kappa shape index (κ1) is 21.8. The summed E-state index contributed by atoms with van der Waals surface area (Å²) in [5.74, 6) is -4.28. The summed E-state index contributed by atoms with van der Waals surface area (Å²) in [5.41, 5.74) is 1.47. The van der Waals surface area contributed by atoms with Gasteiger partial charge in [-0.25, -0.2) is 22.1 Å². The van der Waals surface area contributed by atoms with E-state index in [0.717, 1.165) is 0 Å². The predicted molar refractivity (Wildman–Crippen MR) is 113 cm³/mol. The van der Waals surface area contributed by atoms with Crippen LogP contribution in [0.5, 0.6) is 11.5 Å². The number of fused-ring (bicyclic) bond motifs is 1. The van der Waals surface area contributed by atoms with Crippen molar-refractivity contribution in [3.05, 3.63) is 82.2 Å². The number of halogens is 3. The van der Waals surface area contributed by atoms with E-state index in [2.05, 4.69) is 9.71 Å². The van der Waals surface area contributed by atoms with Crippen molar-refractivity contribution >= 4 is 22.2 Å². The van der Waals surface area contributed by atoms with Crippen LogP contribution >= 0.6 is 0 Å². The van der Waals surface area contributed by atoms with E-state index >= 15 is 0 Å². The molecule has 7 nitrogen and oxygen atoms in total. The zero-order valence-corrected chi connectivity index (χ0v) is 17.3. The molecule has 2 aromatic heterocycles. The van der Waals surface area contributed by atoms with Crippen LogP contribution in [0.1, 0.15) is 5.56 Å². The van der Waals surface area contributed by atoms with Crippen LogP contribution in [-0.2, 0) is 24.9 Å². The summed E-state index contributed by atoms with van der Waals surface area (Å²) < 4.78 is 70.9. The number of ether oxygens (including phenoxy) is 1. The number of H-pyrrole nitrogens is 1. The number of aromatic nitrogens is 2. The van der Waals surface area contributed by atoms with Crippen LogP contribution in [0.25, 0.3) is 22.0 Å². The molecule has 32 heavy (non-hydrogen) atoms. The molecule has 0 spiro atoms. The first-order chi connectivity index (χ1) is 15.2. The molecule has 0 aliphatic carbocycles. The molecule has 0 fully saturated rings. The van der Waals surface area contributed by atoms with Crippen LogP contribution in [0.4, 0.5) is 13.2 Å². The number of aryl methyl sites for hydroxylation is 1. The molecule has 0 aliphatic heterocycles. The molecule has 2 heterocycles. The first-order valence-corrected chi connectivity index (χ1v) is 10.3. The standard InChI is InChI=1S/C21H16F3N3O4S/c1-27-10-15(13-4-5-25-19(13)21(27)28)14-6-11(9-26-32(29)30)2-3-18(14)31-20-16(23)7-12(22)8-17(20)24/h2-8,10,25-26H,9H2,1H3,(H,29,30). The number of benzene rings is 2. The monoisotopic (exact) mass is 463 g/mol. The Kier molecular flexibility index (Phi) is 5.87. The molecule has 1 unspecified atom stereocenters. The molecule has 166 valence electrons. The van der Waals surface area contributed by atoms with E-state index in [9.17, 15) is 22.2 Å². The molecule has 4 aromatic rings. The zero-order chi connectivity index (χ0) is 23.0. The lowest BCUT2D eigenvalue weighted by molar-refractivity contribution is 0.402. The highest BCUT2D eigenvalue weighted by atomic mass is 32.2. The largest absolute Gasteiger partial charge is 0.451 e. The fourth-order valence-electron chi connectivity index (χ4n) is 3.35. The minimum absolute atomic E-state index is 0.0116. The molecule has 4 rings (SSSR count). The Hall–Kier alpha value is -3.41. The second-order valence-corrected chi connectivity index (χ2v) is 7.71. The third-order valence-corrected chi connectivity index (χ3v) is 5.19. The lowest BCUT2D eigenvalue weighted by Gasteiger charge is -2.16. The van der Waals surface area contributed by atoms with E-state index in [0.29, 0.717) is 39.7 Å². The van der Waals surface area contributed by atoms with Crippen molar-refractivity contribution < 1.29 is 26.7 Å². The predicted octanol–water partition coefficient (Wildman–Crippen LogP) is 3.97. The first-order valence-electron chi connectivity index (χ1n) is 9.21. The Morgan fingerprint density at radius 3 is 2.53 bits per heavy atom. The molecule has 0 radical (unpaired) electrons. The SMILES string of the molecule is Cn1cc(-c2cc(CNS(=O)O)ccc2Oc2c(F)cc(F)cc2F)c2cc[nH]c2c1=O. The lowest BCUT2D eigenvalue weighted by atomic mass is 10.00. The second kappa shape index (κ2) is 8.61. The normalized spacial score (nSPS) is 12.3. The van der Waals surface area contributed by atoms with Crippen molar-refractivity contribution in [1.29, 1.82) is 0 Å². The molecular weight excluding hydrogens is 447 g/mol. The number of nitrogens with one attached hydrogen (secondary N) is 2. The topological polar surface area (TPSA) is 96.3 Å². The van der Waals surface area contributed by atoms with E-state index in [4.69, 9.17) is 9.29 Å². The molecule has 1 atom stereocenters. The van der Waals surface area contributed by atoms with Gasteiger partial charge in [0.25, 0.3) is 5.56 Å². The highest BCUT2D eigenvalue weighted by Crippen LogP contribution is 2.38. The minimum Gasteiger partial charge on any atom is -0.451 e. The molecular formula is C21H16F3N3O4S. The molecule has 3 N–H and O–H groups in total. The number of rotatable bonds is 6. The van der Waals surface area contributed by atoms with Crippen molar-refractivity contribution in [2.24, 2.45) is 7.05 Å². The number of pyridine rings is 1. The Balaban J connectivity index is 1.91. The van der Waals surface area contributed by atoms with Crippen molar-refractivity contribution in [1.82, 2.24) is 14.3 Å². The van der Waals surface area contributed by atoms with Gasteiger partial charge in [-0.15, -0.1) is 0 Å². The van der Waals surface area contributed by atoms with Gasteiger partial charge in [0.2, 0.25) is 11.3 Å². The van der Waals surface area contributed by atoms with Gasteiger partial charge in [0, 0.05) is 54.6 Å². The fourth-order valence-corrected chi connectivity index (χ4v) is 3.64. The number of aromatic amines is 1. The van der Waals surface area contributed by atoms with E-state index in [1.807, 2.05) is 0 Å². The van der Waals surface area contributed by atoms with E-state index in [1.165, 1.54) is 16.7 Å². The van der Waals surface area contributed by atoms with Gasteiger partial charge in [0.15, 0.2) is 17.4 Å². The van der Waals surface area contributed by atoms with Crippen LogP contribution in [0.15, 0.2) is 53.6 Å². The van der Waals surface area contributed by atoms with Gasteiger partial charge in [0.05, 0.1) is 0 Å². The molecule has 0 saturated heterocycles.